The summed E-state index contributed by atoms with van der Waals surface area (Å²) in [6.07, 6.45) is 1.12. The molecule has 6 aromatic carbocycles. The molecule has 8 nitrogen and oxygen atoms in total. The molecule has 1 aliphatic heterocycles. The Morgan fingerprint density at radius 1 is 0.692 bits per heavy atom. The predicted octanol–water partition coefficient (Wildman–Crippen LogP) is 9.37. The van der Waals surface area contributed by atoms with Gasteiger partial charge in [-0.1, -0.05) is 97.1 Å². The fourth-order valence-electron chi connectivity index (χ4n) is 7.26. The molecular weight excluding hydrogens is 671 g/mol. The molecule has 1 N–H and O–H groups in total. The van der Waals surface area contributed by atoms with Crippen molar-refractivity contribution < 1.29 is 28.0 Å². The number of rotatable bonds is 11. The average molecular weight is 713 g/mol. The number of nitrogens with zero attached hydrogens (tertiary/aromatic N) is 1. The summed E-state index contributed by atoms with van der Waals surface area (Å²) in [5, 5.41) is 8.43. The quantitative estimate of drug-likeness (QED) is 0.106. The number of hydrogen-bond acceptors (Lipinski definition) is 6. The number of fused-ring (bicyclic) bond motifs is 3. The Kier molecular flexibility index (Phi) is 10.3. The highest BCUT2D eigenvalue weighted by atomic mass is 31.2. The van der Waals surface area contributed by atoms with E-state index in [1.165, 1.54) is 0 Å². The maximum Gasteiger partial charge on any atom is 0.345 e. The van der Waals surface area contributed by atoms with Crippen LogP contribution in [0.5, 0.6) is 0 Å². The van der Waals surface area contributed by atoms with Crippen LogP contribution >= 0.6 is 7.60 Å². The number of carbonyl (C=O) groups excluding carboxylic acids is 3. The van der Waals surface area contributed by atoms with Crippen molar-refractivity contribution in [1.29, 1.82) is 0 Å². The van der Waals surface area contributed by atoms with Crippen LogP contribution in [0.1, 0.15) is 69.0 Å². The van der Waals surface area contributed by atoms with E-state index in [0.29, 0.717) is 37.1 Å². The molecule has 6 aromatic rings. The molecule has 0 aliphatic carbocycles. The lowest BCUT2D eigenvalue weighted by Crippen LogP contribution is -2.46. The molecule has 0 radical (unpaired) electrons. The fourth-order valence-corrected chi connectivity index (χ4v) is 9.34. The number of nitrogens with one attached hydrogen (secondary N) is 1. The van der Waals surface area contributed by atoms with Crippen LogP contribution < -0.4 is 5.32 Å². The molecule has 0 bridgehead atoms. The third-order valence-electron chi connectivity index (χ3n) is 9.81. The smallest absolute Gasteiger partial charge is 0.345 e. The number of likely N-dealkylation sites (tertiary alicyclic amines) is 1. The maximum absolute atomic E-state index is 15.1. The highest BCUT2D eigenvalue weighted by Crippen LogP contribution is 2.63. The summed E-state index contributed by atoms with van der Waals surface area (Å²) in [5.74, 6) is -0.952. The van der Waals surface area contributed by atoms with Gasteiger partial charge in [0.15, 0.2) is 5.78 Å². The van der Waals surface area contributed by atoms with Gasteiger partial charge >= 0.3 is 7.60 Å². The van der Waals surface area contributed by atoms with Crippen molar-refractivity contribution in [2.24, 2.45) is 0 Å². The number of Topliss-reactive ketones (excluding diaryl/α,β-unsaturated/α-hetero) is 1. The number of piperidine rings is 1. The summed E-state index contributed by atoms with van der Waals surface area (Å²) in [7, 11) is -4.10. The lowest BCUT2D eigenvalue weighted by Gasteiger charge is -2.33. The molecule has 2 amide bonds. The largest absolute Gasteiger partial charge is 0.349 e. The third-order valence-corrected chi connectivity index (χ3v) is 12.2. The minimum absolute atomic E-state index is 0.0711. The average Bonchev–Trinajstić information content (AvgIpc) is 3.17. The van der Waals surface area contributed by atoms with Crippen molar-refractivity contribution in [3.8, 4) is 0 Å². The van der Waals surface area contributed by atoms with Crippen molar-refractivity contribution in [2.75, 3.05) is 26.3 Å². The Labute approximate surface area is 303 Å². The predicted molar refractivity (Wildman–Crippen MR) is 206 cm³/mol. The molecule has 1 unspecified atom stereocenters. The van der Waals surface area contributed by atoms with E-state index < -0.39 is 19.0 Å². The second-order valence-corrected chi connectivity index (χ2v) is 15.2. The molecular formula is C43H41N2O6P. The summed E-state index contributed by atoms with van der Waals surface area (Å²) in [4.78, 5) is 44.5. The Hall–Kier alpha value is -5.14. The van der Waals surface area contributed by atoms with Gasteiger partial charge in [0, 0.05) is 30.3 Å². The zero-order valence-corrected chi connectivity index (χ0v) is 30.2. The third kappa shape index (κ3) is 7.02. The first-order chi connectivity index (χ1) is 25.3. The molecule has 1 fully saturated rings. The minimum atomic E-state index is -4.10. The number of hydrogen-bond donors (Lipinski definition) is 1. The van der Waals surface area contributed by atoms with Crippen LogP contribution in [0.25, 0.3) is 32.3 Å². The molecule has 0 saturated carbocycles. The number of ketones is 1. The van der Waals surface area contributed by atoms with E-state index in [2.05, 4.69) is 5.32 Å². The van der Waals surface area contributed by atoms with E-state index in [1.54, 1.807) is 36.9 Å². The highest BCUT2D eigenvalue weighted by Gasteiger charge is 2.44. The molecule has 0 aromatic heterocycles. The minimum Gasteiger partial charge on any atom is -0.349 e. The maximum atomic E-state index is 15.1. The van der Waals surface area contributed by atoms with Crippen LogP contribution in [0.3, 0.4) is 0 Å². The second-order valence-electron chi connectivity index (χ2n) is 13.1. The molecule has 1 saturated heterocycles. The molecule has 1 aliphatic rings. The standard InChI is InChI=1S/C43H41N2O6P/c1-3-50-52(49,51-4-2)41(37-19-11-17-30-13-9-10-18-36(30)37)40(46)38-27-32-15-7-8-16-33(32)28-39(38)43(48)45-24-22-35(23-25-45)44-42(47)34-21-20-29-12-5-6-14-31(29)26-34/h5-21,26-28,35,41H,3-4,22-25H2,1-2H3,(H,44,47). The molecule has 1 heterocycles. The molecule has 0 spiro atoms. The molecule has 1 atom stereocenters. The molecule has 7 rings (SSSR count). The lowest BCUT2D eigenvalue weighted by atomic mass is 9.92. The molecule has 9 heteroatoms. The summed E-state index contributed by atoms with van der Waals surface area (Å²) >= 11 is 0. The van der Waals surface area contributed by atoms with Gasteiger partial charge in [0.1, 0.15) is 5.66 Å². The van der Waals surface area contributed by atoms with E-state index >= 15 is 4.79 Å². The van der Waals surface area contributed by atoms with Gasteiger partial charge in [-0.3, -0.25) is 18.9 Å². The monoisotopic (exact) mass is 712 g/mol. The summed E-state index contributed by atoms with van der Waals surface area (Å²) in [6, 6.07) is 37.7. The van der Waals surface area contributed by atoms with E-state index in [4.69, 9.17) is 9.05 Å². The van der Waals surface area contributed by atoms with E-state index in [0.717, 1.165) is 32.3 Å². The molecule has 52 heavy (non-hydrogen) atoms. The normalized spacial score (nSPS) is 14.5. The Bertz CT molecular complexity index is 2330. The number of carbonyl (C=O) groups is 3. The van der Waals surface area contributed by atoms with Gasteiger partial charge in [0.25, 0.3) is 11.8 Å². The van der Waals surface area contributed by atoms with Gasteiger partial charge in [-0.25, -0.2) is 0 Å². The Morgan fingerprint density at radius 2 is 1.25 bits per heavy atom. The Morgan fingerprint density at radius 3 is 1.90 bits per heavy atom. The topological polar surface area (TPSA) is 102 Å². The van der Waals surface area contributed by atoms with Gasteiger partial charge in [-0.05, 0) is 88.8 Å². The van der Waals surface area contributed by atoms with E-state index in [-0.39, 0.29) is 42.2 Å². The van der Waals surface area contributed by atoms with Crippen molar-refractivity contribution in [2.45, 2.75) is 38.4 Å². The first kappa shape index (κ1) is 35.3. The van der Waals surface area contributed by atoms with Gasteiger partial charge in [-0.2, -0.15) is 0 Å². The summed E-state index contributed by atoms with van der Waals surface area (Å²) in [6.45, 7) is 4.36. The number of benzene rings is 6. The van der Waals surface area contributed by atoms with Gasteiger partial charge in [0.05, 0.1) is 18.8 Å². The highest BCUT2D eigenvalue weighted by molar-refractivity contribution is 7.55. The van der Waals surface area contributed by atoms with Crippen LogP contribution in [0, 0.1) is 0 Å². The van der Waals surface area contributed by atoms with E-state index in [9.17, 15) is 14.2 Å². The fraction of sp³-hybridized carbons (Fsp3) is 0.233. The summed E-state index contributed by atoms with van der Waals surface area (Å²) < 4.78 is 26.4. The van der Waals surface area contributed by atoms with Gasteiger partial charge < -0.3 is 19.3 Å². The van der Waals surface area contributed by atoms with Crippen LogP contribution in [-0.4, -0.2) is 54.8 Å². The SMILES string of the molecule is CCOP(=O)(OCC)C(C(=O)c1cc2ccccc2cc1C(=O)N1CCC(NC(=O)c2ccc3ccccc3c2)CC1)c1cccc2ccccc12. The van der Waals surface area contributed by atoms with Crippen molar-refractivity contribution >= 4 is 57.5 Å². The van der Waals surface area contributed by atoms with Gasteiger partial charge in [-0.15, -0.1) is 0 Å². The van der Waals surface area contributed by atoms with Crippen molar-refractivity contribution in [1.82, 2.24) is 10.2 Å². The Balaban J connectivity index is 1.20. The van der Waals surface area contributed by atoms with Crippen molar-refractivity contribution in [3.63, 3.8) is 0 Å². The van der Waals surface area contributed by atoms with Crippen LogP contribution in [0.15, 0.2) is 121 Å². The van der Waals surface area contributed by atoms with Crippen molar-refractivity contribution in [3.05, 3.63) is 144 Å². The van der Waals surface area contributed by atoms with E-state index in [1.807, 2.05) is 103 Å². The molecule has 264 valence electrons. The van der Waals surface area contributed by atoms with Crippen LogP contribution in [0.2, 0.25) is 0 Å². The summed E-state index contributed by atoms with van der Waals surface area (Å²) in [5.41, 5.74) is 0.180. The first-order valence-corrected chi connectivity index (χ1v) is 19.4. The zero-order valence-electron chi connectivity index (χ0n) is 29.3. The van der Waals surface area contributed by atoms with Crippen LogP contribution in [-0.2, 0) is 13.6 Å². The van der Waals surface area contributed by atoms with Gasteiger partial charge in [0.2, 0.25) is 0 Å². The zero-order chi connectivity index (χ0) is 36.2. The lowest BCUT2D eigenvalue weighted by molar-refractivity contribution is 0.0693. The second kappa shape index (κ2) is 15.2. The van der Waals surface area contributed by atoms with Crippen LogP contribution in [0.4, 0.5) is 0 Å². The number of amides is 2. The first-order valence-electron chi connectivity index (χ1n) is 17.8.